The van der Waals surface area contributed by atoms with Crippen molar-refractivity contribution in [2.24, 2.45) is 0 Å². The number of nitrogens with one attached hydrogen (secondary N) is 1. The molecule has 0 atom stereocenters. The summed E-state index contributed by atoms with van der Waals surface area (Å²) in [5, 5.41) is 3.44. The summed E-state index contributed by atoms with van der Waals surface area (Å²) in [6.45, 7) is 1.87. The number of sulfone groups is 1. The molecular weight excluding hydrogens is 491 g/mol. The van der Waals surface area contributed by atoms with Crippen molar-refractivity contribution in [3.63, 3.8) is 0 Å². The average Bonchev–Trinajstić information content (AvgIpc) is 3.13. The fraction of sp³-hybridized carbons (Fsp3) is 0.222. The second-order valence-corrected chi connectivity index (χ2v) is 10.9. The van der Waals surface area contributed by atoms with Gasteiger partial charge in [-0.3, -0.25) is 4.79 Å². The van der Waals surface area contributed by atoms with Gasteiger partial charge in [-0.25, -0.2) is 8.42 Å². The van der Waals surface area contributed by atoms with Crippen molar-refractivity contribution in [3.05, 3.63) is 94.7 Å². The van der Waals surface area contributed by atoms with Crippen molar-refractivity contribution in [1.29, 1.82) is 0 Å². The summed E-state index contributed by atoms with van der Waals surface area (Å²) < 4.78 is 68.2. The van der Waals surface area contributed by atoms with Gasteiger partial charge in [0.25, 0.3) is 5.91 Å². The molecule has 0 fully saturated rings. The highest BCUT2D eigenvalue weighted by molar-refractivity contribution is 7.90. The van der Waals surface area contributed by atoms with Gasteiger partial charge in [-0.15, -0.1) is 0 Å². The van der Waals surface area contributed by atoms with Crippen molar-refractivity contribution in [2.75, 3.05) is 18.6 Å². The Bertz CT molecular complexity index is 1540. The van der Waals surface area contributed by atoms with Gasteiger partial charge in [0.05, 0.1) is 11.3 Å². The number of benzene rings is 3. The number of furan rings is 1. The fourth-order valence-electron chi connectivity index (χ4n) is 4.01. The number of carbonyl (C=O) groups is 1. The molecule has 1 N–H and O–H groups in total. The number of halogens is 3. The molecule has 0 aliphatic heterocycles. The van der Waals surface area contributed by atoms with Crippen LogP contribution in [0.15, 0.2) is 71.1 Å². The summed E-state index contributed by atoms with van der Waals surface area (Å²) in [6.07, 6.45) is -3.12. The zero-order chi connectivity index (χ0) is 26.1. The Kier molecular flexibility index (Phi) is 6.95. The van der Waals surface area contributed by atoms with Gasteiger partial charge in [0.2, 0.25) is 0 Å². The molecule has 1 aromatic heterocycles. The van der Waals surface area contributed by atoms with Gasteiger partial charge >= 0.3 is 6.18 Å². The first-order valence-corrected chi connectivity index (χ1v) is 13.2. The van der Waals surface area contributed by atoms with Crippen LogP contribution < -0.4 is 5.32 Å². The van der Waals surface area contributed by atoms with E-state index >= 15 is 0 Å². The van der Waals surface area contributed by atoms with Crippen LogP contribution in [-0.2, 0) is 22.4 Å². The van der Waals surface area contributed by atoms with E-state index in [1.807, 2.05) is 31.2 Å². The predicted molar refractivity (Wildman–Crippen MR) is 133 cm³/mol. The van der Waals surface area contributed by atoms with Gasteiger partial charge in [-0.05, 0) is 41.8 Å². The molecule has 36 heavy (non-hydrogen) atoms. The number of alkyl halides is 3. The molecule has 3 aromatic carbocycles. The minimum atomic E-state index is -4.42. The largest absolute Gasteiger partial charge is 0.460 e. The van der Waals surface area contributed by atoms with Crippen LogP contribution >= 0.6 is 0 Å². The maximum atomic E-state index is 13.1. The molecule has 1 heterocycles. The Hall–Kier alpha value is -3.59. The van der Waals surface area contributed by atoms with Crippen molar-refractivity contribution in [3.8, 4) is 11.1 Å². The molecule has 0 aliphatic rings. The van der Waals surface area contributed by atoms with E-state index in [0.717, 1.165) is 40.5 Å². The predicted octanol–water partition coefficient (Wildman–Crippen LogP) is 5.79. The van der Waals surface area contributed by atoms with Gasteiger partial charge in [0.1, 0.15) is 21.2 Å². The molecule has 0 spiro atoms. The number of amides is 1. The molecule has 5 nitrogen and oxygen atoms in total. The van der Waals surface area contributed by atoms with Crippen LogP contribution in [0.1, 0.15) is 32.8 Å². The lowest BCUT2D eigenvalue weighted by atomic mass is 9.99. The zero-order valence-corrected chi connectivity index (χ0v) is 20.5. The second kappa shape index (κ2) is 9.81. The molecule has 0 unspecified atom stereocenters. The van der Waals surface area contributed by atoms with E-state index in [1.54, 1.807) is 24.3 Å². The van der Waals surface area contributed by atoms with E-state index in [2.05, 4.69) is 5.32 Å². The molecule has 9 heteroatoms. The molecular formula is C27H24F3NO4S. The number of hydrogen-bond acceptors (Lipinski definition) is 4. The molecule has 188 valence electrons. The van der Waals surface area contributed by atoms with Crippen molar-refractivity contribution in [1.82, 2.24) is 5.32 Å². The number of carbonyl (C=O) groups excluding carboxylic acids is 1. The monoisotopic (exact) mass is 515 g/mol. The maximum absolute atomic E-state index is 13.1. The summed E-state index contributed by atoms with van der Waals surface area (Å²) in [6, 6.07) is 17.6. The van der Waals surface area contributed by atoms with E-state index in [1.165, 1.54) is 6.07 Å². The Balaban J connectivity index is 1.64. The summed E-state index contributed by atoms with van der Waals surface area (Å²) >= 11 is 0. The van der Waals surface area contributed by atoms with E-state index < -0.39 is 27.5 Å². The normalized spacial score (nSPS) is 12.1. The minimum Gasteiger partial charge on any atom is -0.460 e. The number of rotatable bonds is 7. The van der Waals surface area contributed by atoms with Gasteiger partial charge < -0.3 is 9.73 Å². The summed E-state index contributed by atoms with van der Waals surface area (Å²) in [4.78, 5) is 12.5. The topological polar surface area (TPSA) is 76.4 Å². The molecule has 0 saturated heterocycles. The smallest absolute Gasteiger partial charge is 0.416 e. The SMILES string of the molecule is Cc1c(Cc2cccc(C(F)(F)F)c2)oc2c(-c3cccc(C(=O)NCCS(C)(=O)=O)c3)cccc12. The number of aryl methyl sites for hydroxylation is 1. The lowest BCUT2D eigenvalue weighted by molar-refractivity contribution is -0.137. The van der Waals surface area contributed by atoms with Crippen LogP contribution in [0.4, 0.5) is 13.2 Å². The zero-order valence-electron chi connectivity index (χ0n) is 19.6. The lowest BCUT2D eigenvalue weighted by Gasteiger charge is -2.08. The number of hydrogen-bond donors (Lipinski definition) is 1. The second-order valence-electron chi connectivity index (χ2n) is 8.67. The van der Waals surface area contributed by atoms with Crippen molar-refractivity contribution >= 4 is 26.7 Å². The third-order valence-corrected chi connectivity index (χ3v) is 6.82. The van der Waals surface area contributed by atoms with Crippen molar-refractivity contribution < 1.29 is 30.8 Å². The van der Waals surface area contributed by atoms with E-state index in [-0.39, 0.29) is 18.7 Å². The van der Waals surface area contributed by atoms with Crippen LogP contribution in [0.5, 0.6) is 0 Å². The Morgan fingerprint density at radius 2 is 1.72 bits per heavy atom. The minimum absolute atomic E-state index is 0.00769. The number of para-hydroxylation sites is 1. The summed E-state index contributed by atoms with van der Waals surface area (Å²) in [5.41, 5.74) is 3.01. The summed E-state index contributed by atoms with van der Waals surface area (Å²) in [7, 11) is -3.19. The lowest BCUT2D eigenvalue weighted by Crippen LogP contribution is -2.28. The van der Waals surface area contributed by atoms with Crippen LogP contribution in [-0.4, -0.2) is 32.9 Å². The standard InChI is InChI=1S/C27H24F3NO4S/c1-17-22-10-5-11-23(19-7-4-8-20(16-19)26(32)31-12-13-36(2,33)34)25(22)35-24(17)15-18-6-3-9-21(14-18)27(28,29)30/h3-11,14,16H,12-13,15H2,1-2H3,(H,31,32). The summed E-state index contributed by atoms with van der Waals surface area (Å²) in [5.74, 6) is 0.0120. The molecule has 0 saturated carbocycles. The first-order valence-electron chi connectivity index (χ1n) is 11.2. The Labute approximate surface area is 206 Å². The Morgan fingerprint density at radius 3 is 2.44 bits per heavy atom. The highest BCUT2D eigenvalue weighted by Gasteiger charge is 2.30. The van der Waals surface area contributed by atoms with Crippen molar-refractivity contribution in [2.45, 2.75) is 19.5 Å². The molecule has 1 amide bonds. The molecule has 4 rings (SSSR count). The van der Waals surface area contributed by atoms with Crippen LogP contribution in [0, 0.1) is 6.92 Å². The first-order chi connectivity index (χ1) is 16.9. The van der Waals surface area contributed by atoms with Gasteiger partial charge in [0.15, 0.2) is 0 Å². The van der Waals surface area contributed by atoms with Crippen LogP contribution in [0.2, 0.25) is 0 Å². The molecule has 4 aromatic rings. The van der Waals surface area contributed by atoms with Crippen LogP contribution in [0.3, 0.4) is 0 Å². The molecule has 0 bridgehead atoms. The third-order valence-electron chi connectivity index (χ3n) is 5.88. The first kappa shape index (κ1) is 25.5. The maximum Gasteiger partial charge on any atom is 0.416 e. The highest BCUT2D eigenvalue weighted by atomic mass is 32.2. The number of fused-ring (bicyclic) bond motifs is 1. The Morgan fingerprint density at radius 1 is 1.00 bits per heavy atom. The molecule has 0 radical (unpaired) electrons. The van der Waals surface area contributed by atoms with E-state index in [9.17, 15) is 26.4 Å². The van der Waals surface area contributed by atoms with E-state index in [0.29, 0.717) is 22.5 Å². The van der Waals surface area contributed by atoms with Gasteiger partial charge in [0, 0.05) is 35.7 Å². The average molecular weight is 516 g/mol. The van der Waals surface area contributed by atoms with Gasteiger partial charge in [-0.1, -0.05) is 48.5 Å². The fourth-order valence-corrected chi connectivity index (χ4v) is 4.48. The van der Waals surface area contributed by atoms with Crippen LogP contribution in [0.25, 0.3) is 22.1 Å². The highest BCUT2D eigenvalue weighted by Crippen LogP contribution is 2.36. The van der Waals surface area contributed by atoms with E-state index in [4.69, 9.17) is 4.42 Å². The third kappa shape index (κ3) is 5.79. The van der Waals surface area contributed by atoms with Gasteiger partial charge in [-0.2, -0.15) is 13.2 Å². The quantitative estimate of drug-likeness (QED) is 0.338. The molecule has 0 aliphatic carbocycles.